The normalized spacial score (nSPS) is 25.0. The average Bonchev–Trinajstić information content (AvgIpc) is 3.01. The largest absolute Gasteiger partial charge is 0.294 e. The number of thioether (sulfide) groups is 1. The Balaban J connectivity index is 1.64. The first-order valence-electron chi connectivity index (χ1n) is 9.06. The van der Waals surface area contributed by atoms with Gasteiger partial charge in [-0.25, -0.2) is 0 Å². The molecule has 1 fully saturated rings. The monoisotopic (exact) mass is 315 g/mol. The van der Waals surface area contributed by atoms with Crippen LogP contribution in [-0.4, -0.2) is 23.5 Å². The van der Waals surface area contributed by atoms with Crippen LogP contribution in [0.3, 0.4) is 0 Å². The Morgan fingerprint density at radius 1 is 1.14 bits per heavy atom. The third kappa shape index (κ3) is 4.17. The number of nitrogens with zero attached hydrogens (tertiary/aromatic N) is 1. The summed E-state index contributed by atoms with van der Waals surface area (Å²) < 4.78 is 0. The van der Waals surface area contributed by atoms with E-state index in [9.17, 15) is 0 Å². The molecule has 120 valence electrons. The SMILES string of the molecule is CCCCCC[C@@H]1C=C(Sc2ccccc2)C[C@@H]2CCCN21. The quantitative estimate of drug-likeness (QED) is 0.579. The molecule has 2 aliphatic rings. The van der Waals surface area contributed by atoms with Gasteiger partial charge in [0.2, 0.25) is 0 Å². The fraction of sp³-hybridized carbons (Fsp3) is 0.600. The molecule has 2 atom stereocenters. The highest BCUT2D eigenvalue weighted by atomic mass is 32.2. The number of rotatable bonds is 7. The Morgan fingerprint density at radius 3 is 2.82 bits per heavy atom. The minimum absolute atomic E-state index is 0.698. The zero-order valence-corrected chi connectivity index (χ0v) is 14.7. The second kappa shape index (κ2) is 8.21. The molecule has 0 unspecified atom stereocenters. The number of hydrogen-bond acceptors (Lipinski definition) is 2. The summed E-state index contributed by atoms with van der Waals surface area (Å²) in [4.78, 5) is 5.79. The molecule has 0 N–H and O–H groups in total. The molecular weight excluding hydrogens is 286 g/mol. The summed E-state index contributed by atoms with van der Waals surface area (Å²) in [7, 11) is 0. The highest BCUT2D eigenvalue weighted by Gasteiger charge is 2.33. The molecule has 2 aliphatic heterocycles. The van der Waals surface area contributed by atoms with Crippen molar-refractivity contribution in [1.82, 2.24) is 4.90 Å². The Labute approximate surface area is 140 Å². The highest BCUT2D eigenvalue weighted by molar-refractivity contribution is 8.03. The summed E-state index contributed by atoms with van der Waals surface area (Å²) in [6.45, 7) is 3.62. The summed E-state index contributed by atoms with van der Waals surface area (Å²) >= 11 is 2.00. The van der Waals surface area contributed by atoms with Crippen LogP contribution in [0.1, 0.15) is 58.3 Å². The first-order valence-corrected chi connectivity index (χ1v) is 9.88. The predicted octanol–water partition coefficient (Wildman–Crippen LogP) is 5.87. The summed E-state index contributed by atoms with van der Waals surface area (Å²) in [6.07, 6.45) is 13.5. The molecule has 0 radical (unpaired) electrons. The molecule has 3 rings (SSSR count). The lowest BCUT2D eigenvalue weighted by Gasteiger charge is -2.36. The number of fused-ring (bicyclic) bond motifs is 1. The molecule has 0 spiro atoms. The first kappa shape index (κ1) is 16.1. The smallest absolute Gasteiger partial charge is 0.0291 e. The van der Waals surface area contributed by atoms with E-state index in [1.54, 1.807) is 4.91 Å². The maximum atomic E-state index is 2.79. The Bertz CT molecular complexity index is 482. The third-order valence-electron chi connectivity index (χ3n) is 5.01. The van der Waals surface area contributed by atoms with Crippen LogP contribution < -0.4 is 0 Å². The van der Waals surface area contributed by atoms with Gasteiger partial charge in [-0.3, -0.25) is 4.90 Å². The zero-order chi connectivity index (χ0) is 15.2. The van der Waals surface area contributed by atoms with Crippen molar-refractivity contribution in [2.45, 2.75) is 75.3 Å². The fourth-order valence-electron chi connectivity index (χ4n) is 3.87. The van der Waals surface area contributed by atoms with Crippen LogP contribution in [-0.2, 0) is 0 Å². The van der Waals surface area contributed by atoms with Gasteiger partial charge in [0, 0.05) is 17.0 Å². The van der Waals surface area contributed by atoms with Crippen LogP contribution in [0.25, 0.3) is 0 Å². The maximum absolute atomic E-state index is 2.79. The third-order valence-corrected chi connectivity index (χ3v) is 6.08. The minimum atomic E-state index is 0.698. The van der Waals surface area contributed by atoms with Gasteiger partial charge >= 0.3 is 0 Å². The highest BCUT2D eigenvalue weighted by Crippen LogP contribution is 2.39. The predicted molar refractivity (Wildman–Crippen MR) is 97.3 cm³/mol. The molecular formula is C20H29NS. The molecule has 0 amide bonds. The van der Waals surface area contributed by atoms with E-state index >= 15 is 0 Å². The lowest BCUT2D eigenvalue weighted by molar-refractivity contribution is 0.188. The van der Waals surface area contributed by atoms with Crippen LogP contribution >= 0.6 is 11.8 Å². The van der Waals surface area contributed by atoms with Gasteiger partial charge in [0.1, 0.15) is 0 Å². The lowest BCUT2D eigenvalue weighted by atomic mass is 9.99. The van der Waals surface area contributed by atoms with Gasteiger partial charge in [-0.05, 0) is 49.3 Å². The lowest BCUT2D eigenvalue weighted by Crippen LogP contribution is -2.41. The molecule has 0 aromatic heterocycles. The van der Waals surface area contributed by atoms with E-state index in [0.29, 0.717) is 6.04 Å². The van der Waals surface area contributed by atoms with Gasteiger partial charge in [-0.15, -0.1) is 0 Å². The molecule has 0 aliphatic carbocycles. The fourth-order valence-corrected chi connectivity index (χ4v) is 4.97. The minimum Gasteiger partial charge on any atom is -0.294 e. The Hall–Kier alpha value is -0.730. The molecule has 2 heteroatoms. The van der Waals surface area contributed by atoms with E-state index in [-0.39, 0.29) is 0 Å². The van der Waals surface area contributed by atoms with Crippen molar-refractivity contribution in [2.24, 2.45) is 0 Å². The van der Waals surface area contributed by atoms with Gasteiger partial charge in [-0.2, -0.15) is 0 Å². The standard InChI is InChI=1S/C20H29NS/c1-2-3-4-6-10-17-15-20(16-18-11-9-14-21(17)18)22-19-12-7-5-8-13-19/h5,7-8,12-13,15,17-18H,2-4,6,9-11,14,16H2,1H3/t17-,18+/m1/s1. The molecule has 1 saturated heterocycles. The van der Waals surface area contributed by atoms with Crippen molar-refractivity contribution >= 4 is 11.8 Å². The van der Waals surface area contributed by atoms with E-state index in [0.717, 1.165) is 6.04 Å². The number of hydrogen-bond donors (Lipinski definition) is 0. The van der Waals surface area contributed by atoms with Crippen molar-refractivity contribution in [2.75, 3.05) is 6.54 Å². The second-order valence-corrected chi connectivity index (χ2v) is 7.90. The van der Waals surface area contributed by atoms with Crippen molar-refractivity contribution < 1.29 is 0 Å². The molecule has 1 aromatic carbocycles. The molecule has 0 saturated carbocycles. The summed E-state index contributed by atoms with van der Waals surface area (Å²) in [5, 5.41) is 0. The Morgan fingerprint density at radius 2 is 2.00 bits per heavy atom. The summed E-state index contributed by atoms with van der Waals surface area (Å²) in [6, 6.07) is 12.4. The van der Waals surface area contributed by atoms with Gasteiger partial charge < -0.3 is 0 Å². The van der Waals surface area contributed by atoms with Crippen LogP contribution in [0.4, 0.5) is 0 Å². The van der Waals surface area contributed by atoms with Crippen molar-refractivity contribution in [1.29, 1.82) is 0 Å². The van der Waals surface area contributed by atoms with Crippen molar-refractivity contribution in [3.8, 4) is 0 Å². The molecule has 0 bridgehead atoms. The first-order chi connectivity index (χ1) is 10.9. The van der Waals surface area contributed by atoms with Crippen LogP contribution in [0, 0.1) is 0 Å². The summed E-state index contributed by atoms with van der Waals surface area (Å²) in [5.74, 6) is 0. The average molecular weight is 316 g/mol. The number of benzene rings is 1. The van der Waals surface area contributed by atoms with E-state index < -0.39 is 0 Å². The topological polar surface area (TPSA) is 3.24 Å². The van der Waals surface area contributed by atoms with Gasteiger partial charge in [0.05, 0.1) is 0 Å². The van der Waals surface area contributed by atoms with E-state index in [4.69, 9.17) is 0 Å². The van der Waals surface area contributed by atoms with E-state index in [1.165, 1.54) is 62.8 Å². The van der Waals surface area contributed by atoms with Crippen LogP contribution in [0.5, 0.6) is 0 Å². The zero-order valence-electron chi connectivity index (χ0n) is 13.8. The molecule has 22 heavy (non-hydrogen) atoms. The van der Waals surface area contributed by atoms with Gasteiger partial charge in [0.25, 0.3) is 0 Å². The van der Waals surface area contributed by atoms with E-state index in [2.05, 4.69) is 48.2 Å². The summed E-state index contributed by atoms with van der Waals surface area (Å²) in [5.41, 5.74) is 0. The van der Waals surface area contributed by atoms with Crippen molar-refractivity contribution in [3.63, 3.8) is 0 Å². The van der Waals surface area contributed by atoms with Gasteiger partial charge in [-0.1, -0.05) is 68.6 Å². The number of unbranched alkanes of at least 4 members (excludes halogenated alkanes) is 3. The second-order valence-electron chi connectivity index (χ2n) is 6.70. The van der Waals surface area contributed by atoms with Gasteiger partial charge in [0.15, 0.2) is 0 Å². The van der Waals surface area contributed by atoms with Crippen molar-refractivity contribution in [3.05, 3.63) is 41.3 Å². The Kier molecular flexibility index (Phi) is 6.03. The molecule has 1 aromatic rings. The molecule has 1 nitrogen and oxygen atoms in total. The maximum Gasteiger partial charge on any atom is 0.0291 e. The van der Waals surface area contributed by atoms with E-state index in [1.807, 2.05) is 11.8 Å². The molecule has 2 heterocycles. The van der Waals surface area contributed by atoms with Crippen LogP contribution in [0.2, 0.25) is 0 Å². The van der Waals surface area contributed by atoms with Crippen LogP contribution in [0.15, 0.2) is 46.2 Å².